The average Bonchev–Trinajstić information content (AvgIpc) is 2.77. The van der Waals surface area contributed by atoms with Gasteiger partial charge in [0.1, 0.15) is 0 Å². The Hall–Kier alpha value is -1.09. The van der Waals surface area contributed by atoms with Gasteiger partial charge in [0.25, 0.3) is 5.91 Å². The van der Waals surface area contributed by atoms with Crippen LogP contribution in [0.4, 0.5) is 18.0 Å². The molecular formula is C10H8BrF3N2O2S. The topological polar surface area (TPSA) is 49.4 Å². The van der Waals surface area contributed by atoms with Gasteiger partial charge in [0.05, 0.1) is 6.54 Å². The molecule has 0 bridgehead atoms. The second-order valence-electron chi connectivity index (χ2n) is 4.14. The van der Waals surface area contributed by atoms with Crippen molar-refractivity contribution in [2.45, 2.75) is 25.2 Å². The van der Waals surface area contributed by atoms with Gasteiger partial charge in [-0.2, -0.15) is 13.2 Å². The van der Waals surface area contributed by atoms with Gasteiger partial charge in [-0.1, -0.05) is 0 Å². The summed E-state index contributed by atoms with van der Waals surface area (Å²) in [6.07, 6.45) is -4.83. The van der Waals surface area contributed by atoms with E-state index < -0.39 is 23.7 Å². The Balaban J connectivity index is 2.27. The number of halogens is 4. The molecule has 19 heavy (non-hydrogen) atoms. The van der Waals surface area contributed by atoms with E-state index in [1.165, 1.54) is 11.3 Å². The molecule has 1 aliphatic heterocycles. The molecular weight excluding hydrogens is 349 g/mol. The minimum atomic E-state index is -4.83. The Kier molecular flexibility index (Phi) is 3.38. The van der Waals surface area contributed by atoms with E-state index in [0.717, 1.165) is 0 Å². The van der Waals surface area contributed by atoms with Crippen molar-refractivity contribution in [3.63, 3.8) is 0 Å². The van der Waals surface area contributed by atoms with Gasteiger partial charge in [-0.3, -0.25) is 9.69 Å². The Morgan fingerprint density at radius 3 is 2.53 bits per heavy atom. The van der Waals surface area contributed by atoms with Crippen molar-refractivity contribution in [2.24, 2.45) is 0 Å². The van der Waals surface area contributed by atoms with Gasteiger partial charge < -0.3 is 5.32 Å². The van der Waals surface area contributed by atoms with Gasteiger partial charge in [0.15, 0.2) is 0 Å². The number of nitrogens with zero attached hydrogens (tertiary/aromatic N) is 1. The van der Waals surface area contributed by atoms with Crippen molar-refractivity contribution in [3.8, 4) is 0 Å². The van der Waals surface area contributed by atoms with Crippen LogP contribution in [0.15, 0.2) is 15.9 Å². The predicted octanol–water partition coefficient (Wildman–Crippen LogP) is 2.88. The highest BCUT2D eigenvalue weighted by Crippen LogP contribution is 2.36. The zero-order chi connectivity index (χ0) is 14.4. The van der Waals surface area contributed by atoms with E-state index in [1.54, 1.807) is 16.8 Å². The first-order valence-corrected chi connectivity index (χ1v) is 6.77. The molecule has 4 nitrogen and oxygen atoms in total. The van der Waals surface area contributed by atoms with E-state index in [9.17, 15) is 22.8 Å². The molecule has 0 saturated carbocycles. The second-order valence-corrected chi connectivity index (χ2v) is 5.99. The maximum absolute atomic E-state index is 12.8. The van der Waals surface area contributed by atoms with Crippen LogP contribution in [0.1, 0.15) is 11.8 Å². The lowest BCUT2D eigenvalue weighted by Crippen LogP contribution is -2.56. The summed E-state index contributed by atoms with van der Waals surface area (Å²) < 4.78 is 39.1. The number of hydrogen-bond acceptors (Lipinski definition) is 3. The van der Waals surface area contributed by atoms with Crippen LogP contribution in [-0.2, 0) is 11.3 Å². The molecule has 1 saturated heterocycles. The van der Waals surface area contributed by atoms with E-state index in [2.05, 4.69) is 15.9 Å². The molecule has 104 valence electrons. The summed E-state index contributed by atoms with van der Waals surface area (Å²) >= 11 is 4.45. The molecule has 1 N–H and O–H groups in total. The van der Waals surface area contributed by atoms with Gasteiger partial charge in [-0.25, -0.2) is 4.79 Å². The van der Waals surface area contributed by atoms with Crippen molar-refractivity contribution in [2.75, 3.05) is 0 Å². The smallest absolute Gasteiger partial charge is 0.316 e. The maximum Gasteiger partial charge on any atom is 0.420 e. The SMILES string of the molecule is CC1(C(F)(F)F)NC(=O)N(Cc2sccc2Br)C1=O. The number of rotatable bonds is 2. The average molecular weight is 357 g/mol. The number of imide groups is 1. The lowest BCUT2D eigenvalue weighted by atomic mass is 10.0. The quantitative estimate of drug-likeness (QED) is 0.828. The van der Waals surface area contributed by atoms with Gasteiger partial charge in [0, 0.05) is 9.35 Å². The first-order chi connectivity index (χ1) is 8.67. The molecule has 1 fully saturated rings. The highest BCUT2D eigenvalue weighted by Gasteiger charge is 2.64. The molecule has 1 atom stereocenters. The van der Waals surface area contributed by atoms with Crippen LogP contribution >= 0.6 is 27.3 Å². The Morgan fingerprint density at radius 2 is 2.11 bits per heavy atom. The summed E-state index contributed by atoms with van der Waals surface area (Å²) in [6.45, 7) is 0.477. The summed E-state index contributed by atoms with van der Waals surface area (Å²) in [5, 5.41) is 3.41. The number of thiophene rings is 1. The first kappa shape index (κ1) is 14.3. The highest BCUT2D eigenvalue weighted by molar-refractivity contribution is 9.10. The molecule has 2 rings (SSSR count). The van der Waals surface area contributed by atoms with Crippen LogP contribution in [0.3, 0.4) is 0 Å². The van der Waals surface area contributed by atoms with Crippen molar-refractivity contribution in [3.05, 3.63) is 20.8 Å². The summed E-state index contributed by atoms with van der Waals surface area (Å²) in [6, 6.07) is 0.659. The molecule has 1 aromatic rings. The summed E-state index contributed by atoms with van der Waals surface area (Å²) in [4.78, 5) is 24.6. The number of alkyl halides is 3. The van der Waals surface area contributed by atoms with E-state index in [-0.39, 0.29) is 6.54 Å². The zero-order valence-electron chi connectivity index (χ0n) is 9.55. The molecule has 2 heterocycles. The normalized spacial score (nSPS) is 23.9. The molecule has 1 aromatic heterocycles. The number of carbonyl (C=O) groups excluding carboxylic acids is 2. The van der Waals surface area contributed by atoms with Crippen molar-refractivity contribution in [1.29, 1.82) is 0 Å². The minimum absolute atomic E-state index is 0.186. The lowest BCUT2D eigenvalue weighted by Gasteiger charge is -2.24. The fourth-order valence-electron chi connectivity index (χ4n) is 1.61. The number of carbonyl (C=O) groups is 2. The Labute approximate surface area is 118 Å². The number of amides is 3. The van der Waals surface area contributed by atoms with Crippen LogP contribution in [0.5, 0.6) is 0 Å². The van der Waals surface area contributed by atoms with Crippen molar-refractivity contribution < 1.29 is 22.8 Å². The van der Waals surface area contributed by atoms with Crippen molar-refractivity contribution >= 4 is 39.2 Å². The van der Waals surface area contributed by atoms with Crippen LogP contribution in [0.2, 0.25) is 0 Å². The van der Waals surface area contributed by atoms with Gasteiger partial charge in [-0.15, -0.1) is 11.3 Å². The number of hydrogen-bond donors (Lipinski definition) is 1. The summed E-state index contributed by atoms with van der Waals surface area (Å²) in [5.74, 6) is -1.29. The summed E-state index contributed by atoms with van der Waals surface area (Å²) in [5.41, 5.74) is -2.85. The molecule has 1 aliphatic rings. The molecule has 9 heteroatoms. The van der Waals surface area contributed by atoms with Gasteiger partial charge in [-0.05, 0) is 34.3 Å². The Morgan fingerprint density at radius 1 is 1.47 bits per heavy atom. The number of nitrogens with one attached hydrogen (secondary N) is 1. The Bertz CT molecular complexity index is 545. The molecule has 1 unspecified atom stereocenters. The third kappa shape index (κ3) is 2.25. The second kappa shape index (κ2) is 4.48. The standard InChI is InChI=1S/C10H8BrF3N2O2S/c1-9(10(12,13)14)7(17)16(8(18)15-9)4-6-5(11)2-3-19-6/h2-3H,4H2,1H3,(H,15,18). The molecule has 3 amide bonds. The predicted molar refractivity (Wildman–Crippen MR) is 65.6 cm³/mol. The third-order valence-electron chi connectivity index (χ3n) is 2.83. The maximum atomic E-state index is 12.8. The fraction of sp³-hybridized carbons (Fsp3) is 0.400. The zero-order valence-corrected chi connectivity index (χ0v) is 11.9. The van der Waals surface area contributed by atoms with E-state index >= 15 is 0 Å². The molecule has 0 radical (unpaired) electrons. The highest BCUT2D eigenvalue weighted by atomic mass is 79.9. The largest absolute Gasteiger partial charge is 0.420 e. The fourth-order valence-corrected chi connectivity index (χ4v) is 3.08. The van der Waals surface area contributed by atoms with E-state index in [0.29, 0.717) is 21.2 Å². The van der Waals surface area contributed by atoms with Gasteiger partial charge in [0.2, 0.25) is 5.54 Å². The molecule has 0 aromatic carbocycles. The van der Waals surface area contributed by atoms with Crippen LogP contribution in [0, 0.1) is 0 Å². The van der Waals surface area contributed by atoms with E-state index in [1.807, 2.05) is 0 Å². The number of urea groups is 1. The van der Waals surface area contributed by atoms with Crippen LogP contribution in [-0.4, -0.2) is 28.6 Å². The van der Waals surface area contributed by atoms with Crippen molar-refractivity contribution in [1.82, 2.24) is 10.2 Å². The van der Waals surface area contributed by atoms with Gasteiger partial charge >= 0.3 is 12.2 Å². The third-order valence-corrected chi connectivity index (χ3v) is 4.75. The van der Waals surface area contributed by atoms with E-state index in [4.69, 9.17) is 0 Å². The van der Waals surface area contributed by atoms with Crippen LogP contribution < -0.4 is 5.32 Å². The summed E-state index contributed by atoms with van der Waals surface area (Å²) in [7, 11) is 0. The monoisotopic (exact) mass is 356 g/mol. The minimum Gasteiger partial charge on any atom is -0.316 e. The lowest BCUT2D eigenvalue weighted by molar-refractivity contribution is -0.191. The van der Waals surface area contributed by atoms with Crippen LogP contribution in [0.25, 0.3) is 0 Å². The molecule has 0 aliphatic carbocycles. The molecule has 0 spiro atoms. The first-order valence-electron chi connectivity index (χ1n) is 5.09.